The van der Waals surface area contributed by atoms with Gasteiger partial charge in [-0.15, -0.1) is 0 Å². The number of nitrogens with zero attached hydrogens (tertiary/aromatic N) is 3. The molecule has 2 saturated heterocycles. The van der Waals surface area contributed by atoms with Gasteiger partial charge in [-0.3, -0.25) is 14.6 Å². The number of alkyl halides is 6. The van der Waals surface area contributed by atoms with Gasteiger partial charge >= 0.3 is 12.4 Å². The molecule has 1 unspecified atom stereocenters. The number of likely N-dealkylation sites (tertiary alicyclic amines) is 2. The second-order valence-electron chi connectivity index (χ2n) is 13.1. The molecule has 3 aromatic carbocycles. The lowest BCUT2D eigenvalue weighted by Gasteiger charge is -2.37. The Morgan fingerprint density at radius 1 is 0.941 bits per heavy atom. The van der Waals surface area contributed by atoms with E-state index in [9.17, 15) is 44.7 Å². The molecule has 3 heterocycles. The third kappa shape index (κ3) is 8.21. The van der Waals surface area contributed by atoms with Gasteiger partial charge in [-0.2, -0.15) is 26.3 Å². The number of hydrogen-bond acceptors (Lipinski definition) is 7. The normalized spacial score (nSPS) is 19.0. The van der Waals surface area contributed by atoms with Crippen molar-refractivity contribution in [1.82, 2.24) is 20.1 Å². The van der Waals surface area contributed by atoms with Gasteiger partial charge in [0, 0.05) is 48.4 Å². The summed E-state index contributed by atoms with van der Waals surface area (Å²) in [5.74, 6) is -1.19. The maximum absolute atomic E-state index is 14.5. The fourth-order valence-corrected chi connectivity index (χ4v) is 7.62. The molecule has 0 bridgehead atoms. The number of amides is 1. The zero-order valence-corrected chi connectivity index (χ0v) is 28.3. The van der Waals surface area contributed by atoms with Crippen LogP contribution >= 0.6 is 0 Å². The molecule has 272 valence electrons. The number of halogens is 6. The Hall–Kier alpha value is -4.05. The Morgan fingerprint density at radius 2 is 1.65 bits per heavy atom. The maximum atomic E-state index is 14.5. The molecule has 0 aliphatic carbocycles. The Bertz CT molecular complexity index is 2020. The molecule has 1 aromatic heterocycles. The van der Waals surface area contributed by atoms with Crippen LogP contribution in [0.15, 0.2) is 77.7 Å². The largest absolute Gasteiger partial charge is 0.416 e. The maximum Gasteiger partial charge on any atom is 0.416 e. The fourth-order valence-electron chi connectivity index (χ4n) is 6.98. The van der Waals surface area contributed by atoms with E-state index in [2.05, 4.69) is 15.2 Å². The summed E-state index contributed by atoms with van der Waals surface area (Å²) >= 11 is 0. The Labute approximate surface area is 291 Å². The van der Waals surface area contributed by atoms with Crippen molar-refractivity contribution in [2.75, 3.05) is 32.4 Å². The molecule has 0 saturated carbocycles. The third-order valence-corrected chi connectivity index (χ3v) is 10.7. The second-order valence-corrected chi connectivity index (χ2v) is 15.2. The SMILES string of the molecule is CS(=O)(=O)c1ccc2nc(-c3cccc(C(F)(F)F)c3)c(CN3CCC(N4CCC(O)C4)CC3)c(C(=O)N[C@H](c3ccccc3)C(F)(F)F)c2c1. The molecule has 8 nitrogen and oxygen atoms in total. The average Bonchev–Trinajstić information content (AvgIpc) is 3.52. The summed E-state index contributed by atoms with van der Waals surface area (Å²) in [4.78, 5) is 23.0. The predicted octanol–water partition coefficient (Wildman–Crippen LogP) is 6.39. The van der Waals surface area contributed by atoms with Crippen molar-refractivity contribution in [3.8, 4) is 11.3 Å². The van der Waals surface area contributed by atoms with Crippen LogP contribution in [0.25, 0.3) is 22.2 Å². The number of rotatable bonds is 8. The fraction of sp³-hybridized carbons (Fsp3) is 0.389. The summed E-state index contributed by atoms with van der Waals surface area (Å²) in [6, 6.07) is 12.5. The minimum Gasteiger partial charge on any atom is -0.392 e. The third-order valence-electron chi connectivity index (χ3n) is 9.56. The topological polar surface area (TPSA) is 103 Å². The van der Waals surface area contributed by atoms with Gasteiger partial charge in [0.25, 0.3) is 5.91 Å². The molecule has 15 heteroatoms. The van der Waals surface area contributed by atoms with Crippen molar-refractivity contribution >= 4 is 26.6 Å². The number of aliphatic hydroxyl groups excluding tert-OH is 1. The van der Waals surface area contributed by atoms with Gasteiger partial charge in [-0.05, 0) is 68.2 Å². The highest BCUT2D eigenvalue weighted by atomic mass is 32.2. The zero-order valence-electron chi connectivity index (χ0n) is 27.5. The molecule has 1 amide bonds. The zero-order chi connectivity index (χ0) is 36.7. The van der Waals surface area contributed by atoms with Crippen LogP contribution in [-0.2, 0) is 22.6 Å². The standard InChI is InChI=1S/C36H36F6N4O4S/c1-51(49,50)27-10-11-30-28(19-27)31(34(48)44-33(36(40,41)42)22-6-3-2-4-7-22)29(32(43-30)23-8-5-9-24(18-23)35(37,38)39)21-45-15-12-25(13-16-45)46-17-14-26(47)20-46/h2-11,18-19,25-26,33,47H,12-17,20-21H2,1H3,(H,44,48)/t26?,33-/m1/s1. The second kappa shape index (κ2) is 14.2. The number of pyridine rings is 1. The molecular formula is C36H36F6N4O4S. The highest BCUT2D eigenvalue weighted by molar-refractivity contribution is 7.90. The Morgan fingerprint density at radius 3 is 2.25 bits per heavy atom. The highest BCUT2D eigenvalue weighted by Crippen LogP contribution is 2.38. The van der Waals surface area contributed by atoms with E-state index in [1.54, 1.807) is 0 Å². The number of hydrogen-bond donors (Lipinski definition) is 2. The number of nitrogens with one attached hydrogen (secondary N) is 1. The van der Waals surface area contributed by atoms with Crippen LogP contribution in [0.2, 0.25) is 0 Å². The van der Waals surface area contributed by atoms with Gasteiger partial charge in [-0.1, -0.05) is 42.5 Å². The highest BCUT2D eigenvalue weighted by Gasteiger charge is 2.43. The van der Waals surface area contributed by atoms with E-state index in [0.717, 1.165) is 24.9 Å². The minimum absolute atomic E-state index is 0.0123. The van der Waals surface area contributed by atoms with Gasteiger partial charge in [0.1, 0.15) is 0 Å². The molecule has 4 aromatic rings. The summed E-state index contributed by atoms with van der Waals surface area (Å²) in [7, 11) is -3.87. The van der Waals surface area contributed by atoms with E-state index in [0.29, 0.717) is 38.9 Å². The molecule has 6 rings (SSSR count). The number of carbonyl (C=O) groups is 1. The number of piperidine rings is 1. The first-order chi connectivity index (χ1) is 24.0. The molecule has 2 fully saturated rings. The number of β-amino-alcohol motifs (C(OH)–C–C–N with tert-alkyl or cyclic N) is 1. The van der Waals surface area contributed by atoms with Crippen molar-refractivity contribution in [3.63, 3.8) is 0 Å². The van der Waals surface area contributed by atoms with Crippen LogP contribution in [0.1, 0.15) is 52.4 Å². The lowest BCUT2D eigenvalue weighted by atomic mass is 9.93. The number of sulfone groups is 1. The molecule has 2 atom stereocenters. The Kier molecular flexibility index (Phi) is 10.2. The summed E-state index contributed by atoms with van der Waals surface area (Å²) in [6.45, 7) is 2.19. The molecule has 0 spiro atoms. The summed E-state index contributed by atoms with van der Waals surface area (Å²) in [6.07, 6.45) is -7.11. The van der Waals surface area contributed by atoms with Crippen LogP contribution in [0.3, 0.4) is 0 Å². The quantitative estimate of drug-likeness (QED) is 0.203. The number of aromatic nitrogens is 1. The van der Waals surface area contributed by atoms with Gasteiger partial charge in [-0.25, -0.2) is 13.4 Å². The lowest BCUT2D eigenvalue weighted by Crippen LogP contribution is -2.44. The van der Waals surface area contributed by atoms with Gasteiger partial charge in [0.2, 0.25) is 0 Å². The van der Waals surface area contributed by atoms with Crippen molar-refractivity contribution in [2.24, 2.45) is 0 Å². The number of aliphatic hydroxyl groups is 1. The average molecular weight is 735 g/mol. The van der Waals surface area contributed by atoms with Crippen LogP contribution in [0.5, 0.6) is 0 Å². The van der Waals surface area contributed by atoms with Crippen LogP contribution < -0.4 is 5.32 Å². The molecule has 0 radical (unpaired) electrons. The number of benzene rings is 3. The first kappa shape index (κ1) is 36.7. The Balaban J connectivity index is 1.52. The molecule has 2 aliphatic heterocycles. The van der Waals surface area contributed by atoms with Crippen LogP contribution in [0, 0.1) is 0 Å². The monoisotopic (exact) mass is 734 g/mol. The van der Waals surface area contributed by atoms with E-state index in [4.69, 9.17) is 0 Å². The van der Waals surface area contributed by atoms with Crippen molar-refractivity contribution in [2.45, 2.75) is 61.2 Å². The molecule has 51 heavy (non-hydrogen) atoms. The van der Waals surface area contributed by atoms with Gasteiger partial charge in [0.15, 0.2) is 15.9 Å². The number of carbonyl (C=O) groups excluding carboxylic acids is 1. The lowest BCUT2D eigenvalue weighted by molar-refractivity contribution is -0.155. The summed E-state index contributed by atoms with van der Waals surface area (Å²) in [5, 5.41) is 12.1. The van der Waals surface area contributed by atoms with Crippen molar-refractivity contribution < 1.29 is 44.7 Å². The summed E-state index contributed by atoms with van der Waals surface area (Å²) in [5.41, 5.74) is -1.53. The van der Waals surface area contributed by atoms with E-state index >= 15 is 0 Å². The van der Waals surface area contributed by atoms with E-state index in [1.165, 1.54) is 60.7 Å². The van der Waals surface area contributed by atoms with E-state index < -0.39 is 45.8 Å². The summed E-state index contributed by atoms with van der Waals surface area (Å²) < 4.78 is 111. The molecular weight excluding hydrogens is 698 g/mol. The van der Waals surface area contributed by atoms with Crippen molar-refractivity contribution in [1.29, 1.82) is 0 Å². The van der Waals surface area contributed by atoms with Crippen LogP contribution in [-0.4, -0.2) is 85.0 Å². The van der Waals surface area contributed by atoms with Gasteiger partial charge < -0.3 is 10.4 Å². The minimum atomic E-state index is -4.94. The molecule has 2 aliphatic rings. The predicted molar refractivity (Wildman–Crippen MR) is 178 cm³/mol. The van der Waals surface area contributed by atoms with E-state index in [-0.39, 0.29) is 56.3 Å². The first-order valence-corrected chi connectivity index (χ1v) is 18.3. The molecule has 2 N–H and O–H groups in total. The smallest absolute Gasteiger partial charge is 0.392 e. The van der Waals surface area contributed by atoms with Gasteiger partial charge in [0.05, 0.1) is 33.3 Å². The first-order valence-electron chi connectivity index (χ1n) is 16.4. The number of fused-ring (bicyclic) bond motifs is 1. The van der Waals surface area contributed by atoms with Crippen molar-refractivity contribution in [3.05, 3.63) is 95.1 Å². The van der Waals surface area contributed by atoms with Crippen LogP contribution in [0.4, 0.5) is 26.3 Å². The van der Waals surface area contributed by atoms with E-state index in [1.807, 2.05) is 4.90 Å².